The first-order chi connectivity index (χ1) is 7.33. The quantitative estimate of drug-likeness (QED) is 0.592. The number of nitrogens with one attached hydrogen (secondary N) is 1. The normalized spacial score (nSPS) is 12.7. The summed E-state index contributed by atoms with van der Waals surface area (Å²) in [5.74, 6) is 5.52. The molecule has 2 heterocycles. The van der Waals surface area contributed by atoms with Crippen LogP contribution in [0.15, 0.2) is 24.7 Å². The lowest BCUT2D eigenvalue weighted by Gasteiger charge is -2.14. The molecule has 0 aliphatic heterocycles. The van der Waals surface area contributed by atoms with Crippen LogP contribution in [-0.2, 0) is 0 Å². The van der Waals surface area contributed by atoms with Gasteiger partial charge in [0.05, 0.1) is 29.7 Å². The largest absolute Gasteiger partial charge is 0.271 e. The van der Waals surface area contributed by atoms with Gasteiger partial charge >= 0.3 is 0 Å². The highest BCUT2D eigenvalue weighted by molar-refractivity contribution is 6.99. The Morgan fingerprint density at radius 3 is 2.93 bits per heavy atom. The Hall–Kier alpha value is -1.37. The Morgan fingerprint density at radius 2 is 2.33 bits per heavy atom. The van der Waals surface area contributed by atoms with Gasteiger partial charge in [0.2, 0.25) is 0 Å². The second-order valence-corrected chi connectivity index (χ2v) is 3.72. The van der Waals surface area contributed by atoms with Gasteiger partial charge in [0.1, 0.15) is 0 Å². The van der Waals surface area contributed by atoms with E-state index in [2.05, 4.69) is 19.2 Å². The van der Waals surface area contributed by atoms with Gasteiger partial charge in [-0.05, 0) is 24.1 Å². The third kappa shape index (κ3) is 2.01. The van der Waals surface area contributed by atoms with Crippen molar-refractivity contribution in [2.75, 3.05) is 0 Å². The Balaban J connectivity index is 2.40. The van der Waals surface area contributed by atoms with Gasteiger partial charge in [-0.25, -0.2) is 5.43 Å². The Morgan fingerprint density at radius 1 is 1.47 bits per heavy atom. The summed E-state index contributed by atoms with van der Waals surface area (Å²) >= 11 is 1.17. The maximum Gasteiger partial charge on any atom is 0.0971 e. The molecule has 0 aromatic carbocycles. The van der Waals surface area contributed by atoms with E-state index >= 15 is 0 Å². The number of hydrogen-bond donors (Lipinski definition) is 2. The van der Waals surface area contributed by atoms with E-state index in [1.807, 2.05) is 13.0 Å². The summed E-state index contributed by atoms with van der Waals surface area (Å²) in [7, 11) is 0. The summed E-state index contributed by atoms with van der Waals surface area (Å²) in [6.45, 7) is 2.02. The fourth-order valence-corrected chi connectivity index (χ4v) is 1.86. The molecule has 5 nitrogen and oxygen atoms in total. The van der Waals surface area contributed by atoms with Gasteiger partial charge in [-0.15, -0.1) is 0 Å². The molecule has 2 aromatic heterocycles. The molecule has 3 N–H and O–H groups in total. The minimum absolute atomic E-state index is 0.141. The minimum atomic E-state index is -0.141. The van der Waals surface area contributed by atoms with E-state index in [1.165, 1.54) is 11.7 Å². The zero-order valence-electron chi connectivity index (χ0n) is 8.21. The number of nitrogens with two attached hydrogens (primary N) is 1. The van der Waals surface area contributed by atoms with Crippen LogP contribution in [0.25, 0.3) is 0 Å². The lowest BCUT2D eigenvalue weighted by atomic mass is 10.0. The number of pyridine rings is 1. The van der Waals surface area contributed by atoms with E-state index in [0.29, 0.717) is 0 Å². The topological polar surface area (TPSA) is 76.7 Å². The highest BCUT2D eigenvalue weighted by atomic mass is 32.1. The van der Waals surface area contributed by atoms with Crippen molar-refractivity contribution in [2.45, 2.75) is 13.0 Å². The molecular weight excluding hydrogens is 210 g/mol. The van der Waals surface area contributed by atoms with E-state index < -0.39 is 0 Å². The summed E-state index contributed by atoms with van der Waals surface area (Å²) in [5.41, 5.74) is 5.69. The highest BCUT2D eigenvalue weighted by Gasteiger charge is 2.16. The van der Waals surface area contributed by atoms with E-state index in [9.17, 15) is 0 Å². The molecule has 6 heteroatoms. The number of aromatic nitrogens is 3. The second kappa shape index (κ2) is 4.43. The van der Waals surface area contributed by atoms with Gasteiger partial charge in [-0.3, -0.25) is 10.8 Å². The van der Waals surface area contributed by atoms with Crippen LogP contribution in [0.4, 0.5) is 0 Å². The first kappa shape index (κ1) is 10.2. The van der Waals surface area contributed by atoms with Crippen LogP contribution in [0.2, 0.25) is 0 Å². The summed E-state index contributed by atoms with van der Waals surface area (Å²) in [5, 5.41) is 0. The number of hydrazine groups is 1. The predicted octanol–water partition coefficient (Wildman–Crippen LogP) is 0.794. The van der Waals surface area contributed by atoms with Gasteiger partial charge < -0.3 is 0 Å². The summed E-state index contributed by atoms with van der Waals surface area (Å²) in [6, 6.07) is 1.80. The Labute approximate surface area is 91.7 Å². The van der Waals surface area contributed by atoms with E-state index in [0.717, 1.165) is 16.8 Å². The van der Waals surface area contributed by atoms with Crippen LogP contribution in [0.5, 0.6) is 0 Å². The third-order valence-corrected chi connectivity index (χ3v) is 2.72. The molecule has 0 saturated carbocycles. The smallest absolute Gasteiger partial charge is 0.0971 e. The summed E-state index contributed by atoms with van der Waals surface area (Å²) in [6.07, 6.45) is 5.26. The maximum absolute atomic E-state index is 5.52. The number of rotatable bonds is 3. The van der Waals surface area contributed by atoms with Crippen LogP contribution < -0.4 is 11.3 Å². The van der Waals surface area contributed by atoms with Crippen molar-refractivity contribution in [2.24, 2.45) is 5.84 Å². The number of aryl methyl sites for hydroxylation is 1. The standard InChI is InChI=1S/C9H11N5S/c1-6-2-3-11-4-7(6)9(13-10)8-5-12-15-14-8/h2-5,9,13H,10H2,1H3. The van der Waals surface area contributed by atoms with Crippen molar-refractivity contribution in [1.82, 2.24) is 19.2 Å². The van der Waals surface area contributed by atoms with Crippen LogP contribution in [0.3, 0.4) is 0 Å². The first-order valence-electron chi connectivity index (χ1n) is 4.47. The van der Waals surface area contributed by atoms with Crippen molar-refractivity contribution >= 4 is 11.7 Å². The fraction of sp³-hybridized carbons (Fsp3) is 0.222. The van der Waals surface area contributed by atoms with Crippen LogP contribution >= 0.6 is 11.7 Å². The van der Waals surface area contributed by atoms with Crippen LogP contribution in [0, 0.1) is 6.92 Å². The molecule has 0 bridgehead atoms. The van der Waals surface area contributed by atoms with Gasteiger partial charge in [0, 0.05) is 12.4 Å². The number of nitrogens with zero attached hydrogens (tertiary/aromatic N) is 3. The van der Waals surface area contributed by atoms with Crippen molar-refractivity contribution in [3.63, 3.8) is 0 Å². The summed E-state index contributed by atoms with van der Waals surface area (Å²) < 4.78 is 8.13. The van der Waals surface area contributed by atoms with Gasteiger partial charge in [0.25, 0.3) is 0 Å². The second-order valence-electron chi connectivity index (χ2n) is 3.16. The molecule has 0 fully saturated rings. The maximum atomic E-state index is 5.52. The SMILES string of the molecule is Cc1ccncc1C(NN)c1cnsn1. The zero-order chi connectivity index (χ0) is 10.7. The third-order valence-electron chi connectivity index (χ3n) is 2.23. The van der Waals surface area contributed by atoms with Crippen LogP contribution in [0.1, 0.15) is 22.9 Å². The van der Waals surface area contributed by atoms with Gasteiger partial charge in [0.15, 0.2) is 0 Å². The predicted molar refractivity (Wildman–Crippen MR) is 58.0 cm³/mol. The molecular formula is C9H11N5S. The van der Waals surface area contributed by atoms with Gasteiger partial charge in [-0.2, -0.15) is 8.75 Å². The Kier molecular flexibility index (Phi) is 3.00. The molecule has 2 rings (SSSR count). The van der Waals surface area contributed by atoms with Crippen LogP contribution in [-0.4, -0.2) is 13.7 Å². The molecule has 15 heavy (non-hydrogen) atoms. The van der Waals surface area contributed by atoms with Crippen molar-refractivity contribution < 1.29 is 0 Å². The summed E-state index contributed by atoms with van der Waals surface area (Å²) in [4.78, 5) is 4.08. The molecule has 0 radical (unpaired) electrons. The molecule has 1 atom stereocenters. The molecule has 78 valence electrons. The highest BCUT2D eigenvalue weighted by Crippen LogP contribution is 2.21. The van der Waals surface area contributed by atoms with E-state index in [4.69, 9.17) is 5.84 Å². The zero-order valence-corrected chi connectivity index (χ0v) is 9.03. The molecule has 0 amide bonds. The average Bonchev–Trinajstić information content (AvgIpc) is 2.75. The molecule has 2 aromatic rings. The van der Waals surface area contributed by atoms with E-state index in [-0.39, 0.29) is 6.04 Å². The lowest BCUT2D eigenvalue weighted by molar-refractivity contribution is 0.620. The molecule has 1 unspecified atom stereocenters. The molecule has 0 aliphatic rings. The molecule has 0 saturated heterocycles. The fourth-order valence-electron chi connectivity index (χ4n) is 1.41. The minimum Gasteiger partial charge on any atom is -0.271 e. The molecule has 0 spiro atoms. The Bertz CT molecular complexity index is 428. The molecule has 0 aliphatic carbocycles. The van der Waals surface area contributed by atoms with Crippen molar-refractivity contribution in [3.05, 3.63) is 41.5 Å². The van der Waals surface area contributed by atoms with E-state index in [1.54, 1.807) is 18.6 Å². The average molecular weight is 221 g/mol. The lowest BCUT2D eigenvalue weighted by Crippen LogP contribution is -2.29. The number of hydrogen-bond acceptors (Lipinski definition) is 6. The van der Waals surface area contributed by atoms with Crippen molar-refractivity contribution in [3.8, 4) is 0 Å². The van der Waals surface area contributed by atoms with Crippen molar-refractivity contribution in [1.29, 1.82) is 0 Å². The monoisotopic (exact) mass is 221 g/mol. The van der Waals surface area contributed by atoms with Gasteiger partial charge in [-0.1, -0.05) is 0 Å². The first-order valence-corrected chi connectivity index (χ1v) is 5.20.